The van der Waals surface area contributed by atoms with Crippen LogP contribution in [0, 0.1) is 0 Å². The molecule has 3 atom stereocenters. The zero-order chi connectivity index (χ0) is 11.7. The fourth-order valence-corrected chi connectivity index (χ4v) is 4.05. The zero-order valence-electron chi connectivity index (χ0n) is 11.2. The lowest BCUT2D eigenvalue weighted by atomic mass is 9.94. The van der Waals surface area contributed by atoms with Gasteiger partial charge in [0.1, 0.15) is 0 Å². The van der Waals surface area contributed by atoms with Crippen LogP contribution in [0.2, 0.25) is 0 Å². The smallest absolute Gasteiger partial charge is 0.0221 e. The molecule has 0 bridgehead atoms. The first-order chi connectivity index (χ1) is 8.34. The maximum Gasteiger partial charge on any atom is 0.0221 e. The Morgan fingerprint density at radius 1 is 1.06 bits per heavy atom. The minimum Gasteiger partial charge on any atom is -0.315 e. The molecule has 0 spiro atoms. The van der Waals surface area contributed by atoms with Crippen LogP contribution >= 0.6 is 0 Å². The summed E-state index contributed by atoms with van der Waals surface area (Å²) in [5, 5.41) is 3.55. The molecule has 3 nitrogen and oxygen atoms in total. The summed E-state index contributed by atoms with van der Waals surface area (Å²) in [6.45, 7) is 5.15. The summed E-state index contributed by atoms with van der Waals surface area (Å²) >= 11 is 0. The number of nitrogens with one attached hydrogen (secondary N) is 1. The Kier molecular flexibility index (Phi) is 3.69. The lowest BCUT2D eigenvalue weighted by Crippen LogP contribution is -2.53. The van der Waals surface area contributed by atoms with E-state index in [1.807, 2.05) is 0 Å². The van der Waals surface area contributed by atoms with Crippen molar-refractivity contribution in [3.05, 3.63) is 0 Å². The molecule has 3 heterocycles. The summed E-state index contributed by atoms with van der Waals surface area (Å²) in [7, 11) is 2.37. The van der Waals surface area contributed by atoms with Gasteiger partial charge in [-0.05, 0) is 65.2 Å². The van der Waals surface area contributed by atoms with Crippen molar-refractivity contribution in [1.29, 1.82) is 0 Å². The molecule has 98 valence electrons. The van der Waals surface area contributed by atoms with Crippen LogP contribution in [0.15, 0.2) is 0 Å². The second-order valence-corrected chi connectivity index (χ2v) is 6.18. The highest BCUT2D eigenvalue weighted by Gasteiger charge is 2.35. The molecule has 1 N–H and O–H groups in total. The van der Waals surface area contributed by atoms with Crippen LogP contribution in [0.5, 0.6) is 0 Å². The van der Waals surface area contributed by atoms with Gasteiger partial charge in [-0.1, -0.05) is 0 Å². The Hall–Kier alpha value is -0.120. The van der Waals surface area contributed by atoms with Crippen molar-refractivity contribution in [1.82, 2.24) is 15.1 Å². The number of fused-ring (bicyclic) bond motifs is 1. The van der Waals surface area contributed by atoms with E-state index in [0.717, 1.165) is 18.1 Å². The van der Waals surface area contributed by atoms with Crippen LogP contribution in [0.4, 0.5) is 0 Å². The molecule has 0 saturated carbocycles. The molecule has 3 fully saturated rings. The van der Waals surface area contributed by atoms with Gasteiger partial charge in [-0.15, -0.1) is 0 Å². The molecule has 0 amide bonds. The van der Waals surface area contributed by atoms with Crippen molar-refractivity contribution in [3.8, 4) is 0 Å². The quantitative estimate of drug-likeness (QED) is 0.781. The number of hydrogen-bond acceptors (Lipinski definition) is 3. The Bertz CT molecular complexity index is 250. The average molecular weight is 237 g/mol. The highest BCUT2D eigenvalue weighted by atomic mass is 15.2. The molecule has 0 aromatic carbocycles. The first-order valence-corrected chi connectivity index (χ1v) is 7.51. The fraction of sp³-hybridized carbons (Fsp3) is 1.00. The van der Waals surface area contributed by atoms with Crippen LogP contribution in [0.25, 0.3) is 0 Å². The normalized spacial score (nSPS) is 39.5. The van der Waals surface area contributed by atoms with Crippen LogP contribution in [-0.2, 0) is 0 Å². The SMILES string of the molecule is CN(C1CCCNC1)C1CCN2CCCC2C1. The maximum atomic E-state index is 3.55. The second kappa shape index (κ2) is 5.25. The molecule has 3 aliphatic rings. The summed E-state index contributed by atoms with van der Waals surface area (Å²) in [6.07, 6.45) is 8.46. The third kappa shape index (κ3) is 2.51. The number of rotatable bonds is 2. The summed E-state index contributed by atoms with van der Waals surface area (Å²) in [5.74, 6) is 0. The topological polar surface area (TPSA) is 18.5 Å². The molecule has 0 aromatic heterocycles. The summed E-state index contributed by atoms with van der Waals surface area (Å²) < 4.78 is 0. The second-order valence-electron chi connectivity index (χ2n) is 6.18. The van der Waals surface area contributed by atoms with Crippen molar-refractivity contribution in [3.63, 3.8) is 0 Å². The molecule has 0 aliphatic carbocycles. The van der Waals surface area contributed by atoms with Gasteiger partial charge < -0.3 is 10.2 Å². The Morgan fingerprint density at radius 2 is 2.00 bits per heavy atom. The minimum atomic E-state index is 0.793. The average Bonchev–Trinajstić information content (AvgIpc) is 2.86. The standard InChI is InChI=1S/C14H27N3/c1-16(14-4-2-7-15-11-14)12-6-9-17-8-3-5-13(17)10-12/h12-15H,2-11H2,1H3. The van der Waals surface area contributed by atoms with E-state index in [0.29, 0.717) is 0 Å². The van der Waals surface area contributed by atoms with Gasteiger partial charge in [-0.25, -0.2) is 0 Å². The van der Waals surface area contributed by atoms with E-state index in [9.17, 15) is 0 Å². The van der Waals surface area contributed by atoms with Gasteiger partial charge in [0.15, 0.2) is 0 Å². The van der Waals surface area contributed by atoms with Gasteiger partial charge in [0.2, 0.25) is 0 Å². The molecular weight excluding hydrogens is 210 g/mol. The van der Waals surface area contributed by atoms with Gasteiger partial charge in [-0.3, -0.25) is 4.90 Å². The van der Waals surface area contributed by atoms with Crippen molar-refractivity contribution in [2.75, 3.05) is 33.2 Å². The fourth-order valence-electron chi connectivity index (χ4n) is 4.05. The molecule has 0 aromatic rings. The molecule has 3 rings (SSSR count). The lowest BCUT2D eigenvalue weighted by Gasteiger charge is -2.43. The van der Waals surface area contributed by atoms with E-state index < -0.39 is 0 Å². The van der Waals surface area contributed by atoms with Gasteiger partial charge >= 0.3 is 0 Å². The zero-order valence-corrected chi connectivity index (χ0v) is 11.2. The van der Waals surface area contributed by atoms with E-state index in [2.05, 4.69) is 22.2 Å². The molecule has 3 saturated heterocycles. The molecular formula is C14H27N3. The van der Waals surface area contributed by atoms with Crippen molar-refractivity contribution < 1.29 is 0 Å². The molecule has 3 aliphatic heterocycles. The molecule has 0 radical (unpaired) electrons. The highest BCUT2D eigenvalue weighted by Crippen LogP contribution is 2.30. The van der Waals surface area contributed by atoms with E-state index in [1.54, 1.807) is 0 Å². The largest absolute Gasteiger partial charge is 0.315 e. The summed E-state index contributed by atoms with van der Waals surface area (Å²) in [4.78, 5) is 5.42. The van der Waals surface area contributed by atoms with Gasteiger partial charge in [0.05, 0.1) is 0 Å². The molecule has 17 heavy (non-hydrogen) atoms. The number of likely N-dealkylation sites (N-methyl/N-ethyl adjacent to an activating group) is 1. The van der Waals surface area contributed by atoms with Crippen molar-refractivity contribution >= 4 is 0 Å². The third-order valence-corrected chi connectivity index (χ3v) is 5.22. The Morgan fingerprint density at radius 3 is 2.82 bits per heavy atom. The van der Waals surface area contributed by atoms with Crippen molar-refractivity contribution in [2.45, 2.75) is 56.7 Å². The summed E-state index contributed by atoms with van der Waals surface area (Å²) in [5.41, 5.74) is 0. The molecule has 3 unspecified atom stereocenters. The predicted molar refractivity (Wildman–Crippen MR) is 71.3 cm³/mol. The minimum absolute atomic E-state index is 0.793. The number of nitrogens with zero attached hydrogens (tertiary/aromatic N) is 2. The third-order valence-electron chi connectivity index (χ3n) is 5.22. The monoisotopic (exact) mass is 237 g/mol. The van der Waals surface area contributed by atoms with Crippen LogP contribution in [-0.4, -0.2) is 61.2 Å². The molecule has 3 heteroatoms. The lowest BCUT2D eigenvalue weighted by molar-refractivity contribution is 0.0686. The Labute approximate surface area is 106 Å². The van der Waals surface area contributed by atoms with Crippen LogP contribution < -0.4 is 5.32 Å². The van der Waals surface area contributed by atoms with Gasteiger partial charge in [0, 0.05) is 24.7 Å². The maximum absolute atomic E-state index is 3.55. The number of hydrogen-bond donors (Lipinski definition) is 1. The van der Waals surface area contributed by atoms with E-state index in [-0.39, 0.29) is 0 Å². The summed E-state index contributed by atoms with van der Waals surface area (Å²) in [6, 6.07) is 2.55. The first kappa shape index (κ1) is 11.9. The number of piperidine rings is 2. The first-order valence-electron chi connectivity index (χ1n) is 7.51. The van der Waals surface area contributed by atoms with Crippen LogP contribution in [0.1, 0.15) is 38.5 Å². The Balaban J connectivity index is 1.56. The van der Waals surface area contributed by atoms with Crippen molar-refractivity contribution in [2.24, 2.45) is 0 Å². The van der Waals surface area contributed by atoms with E-state index >= 15 is 0 Å². The predicted octanol–water partition coefficient (Wildman–Crippen LogP) is 1.30. The van der Waals surface area contributed by atoms with E-state index in [1.165, 1.54) is 64.7 Å². The van der Waals surface area contributed by atoms with E-state index in [4.69, 9.17) is 0 Å². The van der Waals surface area contributed by atoms with Gasteiger partial charge in [-0.2, -0.15) is 0 Å². The van der Waals surface area contributed by atoms with Gasteiger partial charge in [0.25, 0.3) is 0 Å². The highest BCUT2D eigenvalue weighted by molar-refractivity contribution is 4.92. The van der Waals surface area contributed by atoms with Crippen LogP contribution in [0.3, 0.4) is 0 Å².